The summed E-state index contributed by atoms with van der Waals surface area (Å²) < 4.78 is 35.4. The van der Waals surface area contributed by atoms with E-state index in [9.17, 15) is 13.9 Å². The van der Waals surface area contributed by atoms with Crippen LogP contribution in [-0.4, -0.2) is 47.9 Å². The fraction of sp³-hybridized carbons (Fsp3) is 0.440. The molecule has 3 aromatic rings. The summed E-state index contributed by atoms with van der Waals surface area (Å²) in [5.41, 5.74) is 3.88. The van der Waals surface area contributed by atoms with E-state index in [1.807, 2.05) is 13.1 Å². The van der Waals surface area contributed by atoms with Crippen LogP contribution in [0, 0.1) is 11.6 Å². The fourth-order valence-corrected chi connectivity index (χ4v) is 5.65. The molecule has 5 rings (SSSR count). The second kappa shape index (κ2) is 8.14. The number of hydrogen-bond donors (Lipinski definition) is 2. The predicted molar refractivity (Wildman–Crippen MR) is 120 cm³/mol. The Hall–Kier alpha value is -2.48. The zero-order valence-corrected chi connectivity index (χ0v) is 18.5. The van der Waals surface area contributed by atoms with Crippen LogP contribution in [0.4, 0.5) is 8.78 Å². The average Bonchev–Trinajstić information content (AvgIpc) is 3.11. The molecule has 2 aromatic carbocycles. The summed E-state index contributed by atoms with van der Waals surface area (Å²) in [4.78, 5) is 2.20. The van der Waals surface area contributed by atoms with E-state index in [-0.39, 0.29) is 23.9 Å². The van der Waals surface area contributed by atoms with Gasteiger partial charge in [-0.1, -0.05) is 0 Å². The predicted octanol–water partition coefficient (Wildman–Crippen LogP) is 3.64. The van der Waals surface area contributed by atoms with E-state index in [0.717, 1.165) is 55.5 Å². The first-order valence-electron chi connectivity index (χ1n) is 11.1. The van der Waals surface area contributed by atoms with Gasteiger partial charge < -0.3 is 19.7 Å². The van der Waals surface area contributed by atoms with E-state index in [4.69, 9.17) is 4.74 Å². The van der Waals surface area contributed by atoms with Gasteiger partial charge in [0.25, 0.3) is 0 Å². The molecule has 0 radical (unpaired) electrons. The number of piperidine rings is 1. The van der Waals surface area contributed by atoms with Gasteiger partial charge in [-0.2, -0.15) is 0 Å². The van der Waals surface area contributed by atoms with Gasteiger partial charge in [0.2, 0.25) is 0 Å². The lowest BCUT2D eigenvalue weighted by molar-refractivity contribution is 0.130. The minimum absolute atomic E-state index is 0.0371. The lowest BCUT2D eigenvalue weighted by atomic mass is 9.69. The van der Waals surface area contributed by atoms with Crippen LogP contribution in [0.15, 0.2) is 36.4 Å². The minimum atomic E-state index is -0.405. The summed E-state index contributed by atoms with van der Waals surface area (Å²) in [6, 6.07) is 9.72. The molecule has 7 heteroatoms. The molecule has 1 fully saturated rings. The molecule has 170 valence electrons. The maximum absolute atomic E-state index is 14.2. The molecule has 1 atom stereocenters. The molecule has 2 aliphatic rings. The summed E-state index contributed by atoms with van der Waals surface area (Å²) in [6.45, 7) is 2.83. The van der Waals surface area contributed by atoms with Crippen molar-refractivity contribution in [2.45, 2.75) is 30.8 Å². The molecule has 1 spiro atoms. The number of methoxy groups -OCH3 is 1. The SMILES string of the molecule is COc1ccc2c3c(n(C)c2c1)[C@H](CO)NCC31CCN(Cc2cc(F)ccc2F)CC1. The standard InChI is InChI=1S/C25H29F2N3O2/c1-29-22-12-18(32-2)4-5-19(22)23-24(29)21(14-31)28-15-25(23)7-9-30(10-8-25)13-16-11-17(26)3-6-20(16)27/h3-6,11-12,21,28,31H,7-10,13-15H2,1-2H3/t21-/m0/s1. The van der Waals surface area contributed by atoms with Crippen LogP contribution in [0.1, 0.15) is 35.7 Å². The topological polar surface area (TPSA) is 49.7 Å². The lowest BCUT2D eigenvalue weighted by Gasteiger charge is -2.46. The number of halogens is 2. The summed E-state index contributed by atoms with van der Waals surface area (Å²) >= 11 is 0. The van der Waals surface area contributed by atoms with Crippen molar-refractivity contribution in [2.24, 2.45) is 7.05 Å². The number of aliphatic hydroxyl groups excluding tert-OH is 1. The highest BCUT2D eigenvalue weighted by Gasteiger charge is 2.45. The van der Waals surface area contributed by atoms with Gasteiger partial charge in [0.15, 0.2) is 0 Å². The number of aromatic nitrogens is 1. The molecule has 0 amide bonds. The third kappa shape index (κ3) is 3.39. The van der Waals surface area contributed by atoms with Crippen LogP contribution in [0.25, 0.3) is 10.9 Å². The quantitative estimate of drug-likeness (QED) is 0.649. The third-order valence-corrected chi connectivity index (χ3v) is 7.40. The molecule has 1 saturated heterocycles. The Morgan fingerprint density at radius 1 is 1.16 bits per heavy atom. The molecular formula is C25H29F2N3O2. The van der Waals surface area contributed by atoms with Crippen LogP contribution in [0.2, 0.25) is 0 Å². The highest BCUT2D eigenvalue weighted by Crippen LogP contribution is 2.47. The van der Waals surface area contributed by atoms with Gasteiger partial charge in [0, 0.05) is 48.3 Å². The monoisotopic (exact) mass is 441 g/mol. The Labute approximate surface area is 186 Å². The summed E-state index contributed by atoms with van der Waals surface area (Å²) in [5.74, 6) is 0.0456. The first kappa shape index (κ1) is 21.4. The van der Waals surface area contributed by atoms with E-state index in [1.54, 1.807) is 7.11 Å². The maximum atomic E-state index is 14.2. The summed E-state index contributed by atoms with van der Waals surface area (Å²) in [7, 11) is 3.71. The van der Waals surface area contributed by atoms with Crippen LogP contribution >= 0.6 is 0 Å². The normalized spacial score (nSPS) is 20.6. The van der Waals surface area contributed by atoms with Gasteiger partial charge in [-0.05, 0) is 61.8 Å². The number of aryl methyl sites for hydroxylation is 1. The van der Waals surface area contributed by atoms with Crippen molar-refractivity contribution in [3.8, 4) is 5.75 Å². The Morgan fingerprint density at radius 2 is 1.94 bits per heavy atom. The lowest BCUT2D eigenvalue weighted by Crippen LogP contribution is -2.52. The second-order valence-electron chi connectivity index (χ2n) is 9.11. The maximum Gasteiger partial charge on any atom is 0.127 e. The third-order valence-electron chi connectivity index (χ3n) is 7.40. The number of nitrogens with zero attached hydrogens (tertiary/aromatic N) is 2. The van der Waals surface area contributed by atoms with Crippen molar-refractivity contribution in [1.29, 1.82) is 0 Å². The van der Waals surface area contributed by atoms with Crippen molar-refractivity contribution in [3.05, 3.63) is 64.9 Å². The highest BCUT2D eigenvalue weighted by molar-refractivity contribution is 5.88. The summed E-state index contributed by atoms with van der Waals surface area (Å²) in [5, 5.41) is 14.8. The number of benzene rings is 2. The number of aliphatic hydroxyl groups is 1. The van der Waals surface area contributed by atoms with E-state index in [2.05, 4.69) is 26.9 Å². The van der Waals surface area contributed by atoms with Crippen LogP contribution in [-0.2, 0) is 19.0 Å². The first-order valence-corrected chi connectivity index (χ1v) is 11.1. The number of rotatable bonds is 4. The second-order valence-corrected chi connectivity index (χ2v) is 9.11. The Balaban J connectivity index is 1.48. The van der Waals surface area contributed by atoms with E-state index in [1.165, 1.54) is 23.1 Å². The number of likely N-dealkylation sites (tertiary alicyclic amines) is 1. The van der Waals surface area contributed by atoms with Crippen LogP contribution < -0.4 is 10.1 Å². The zero-order chi connectivity index (χ0) is 22.5. The van der Waals surface area contributed by atoms with Crippen molar-refractivity contribution >= 4 is 10.9 Å². The molecule has 3 heterocycles. The van der Waals surface area contributed by atoms with Crippen molar-refractivity contribution in [3.63, 3.8) is 0 Å². The molecule has 0 saturated carbocycles. The van der Waals surface area contributed by atoms with Crippen molar-refractivity contribution in [1.82, 2.24) is 14.8 Å². The molecule has 0 bridgehead atoms. The molecule has 0 aliphatic carbocycles. The van der Waals surface area contributed by atoms with Gasteiger partial charge in [0.05, 0.1) is 25.3 Å². The molecule has 2 aliphatic heterocycles. The fourth-order valence-electron chi connectivity index (χ4n) is 5.65. The number of nitrogens with one attached hydrogen (secondary N) is 1. The van der Waals surface area contributed by atoms with Gasteiger partial charge in [-0.15, -0.1) is 0 Å². The van der Waals surface area contributed by atoms with Gasteiger partial charge in [0.1, 0.15) is 17.4 Å². The van der Waals surface area contributed by atoms with Crippen molar-refractivity contribution < 1.29 is 18.6 Å². The molecule has 5 nitrogen and oxygen atoms in total. The largest absolute Gasteiger partial charge is 0.497 e. The molecular weight excluding hydrogens is 412 g/mol. The molecule has 32 heavy (non-hydrogen) atoms. The Morgan fingerprint density at radius 3 is 2.66 bits per heavy atom. The highest BCUT2D eigenvalue weighted by atomic mass is 19.1. The van der Waals surface area contributed by atoms with Crippen LogP contribution in [0.5, 0.6) is 5.75 Å². The van der Waals surface area contributed by atoms with Gasteiger partial charge >= 0.3 is 0 Å². The number of fused-ring (bicyclic) bond motifs is 4. The van der Waals surface area contributed by atoms with E-state index < -0.39 is 5.82 Å². The van der Waals surface area contributed by atoms with Crippen molar-refractivity contribution in [2.75, 3.05) is 33.4 Å². The molecule has 0 unspecified atom stereocenters. The molecule has 2 N–H and O–H groups in total. The van der Waals surface area contributed by atoms with E-state index >= 15 is 0 Å². The van der Waals surface area contributed by atoms with Gasteiger partial charge in [-0.3, -0.25) is 4.90 Å². The number of hydrogen-bond acceptors (Lipinski definition) is 4. The summed E-state index contributed by atoms with van der Waals surface area (Å²) in [6.07, 6.45) is 1.82. The minimum Gasteiger partial charge on any atom is -0.497 e. The molecule has 1 aromatic heterocycles. The Bertz CT molecular complexity index is 1150. The van der Waals surface area contributed by atoms with Crippen LogP contribution in [0.3, 0.4) is 0 Å². The number of ether oxygens (including phenoxy) is 1. The Kier molecular flexibility index (Phi) is 5.43. The zero-order valence-electron chi connectivity index (χ0n) is 18.5. The first-order chi connectivity index (χ1) is 15.5. The van der Waals surface area contributed by atoms with Gasteiger partial charge in [-0.25, -0.2) is 8.78 Å². The average molecular weight is 442 g/mol. The van der Waals surface area contributed by atoms with E-state index in [0.29, 0.717) is 12.1 Å². The smallest absolute Gasteiger partial charge is 0.127 e.